The third-order valence-corrected chi connectivity index (χ3v) is 1.65. The van der Waals surface area contributed by atoms with Gasteiger partial charge < -0.3 is 4.79 Å². The summed E-state index contributed by atoms with van der Waals surface area (Å²) in [5, 5.41) is 0. The summed E-state index contributed by atoms with van der Waals surface area (Å²) in [4.78, 5) is 12.0. The lowest BCUT2D eigenvalue weighted by atomic mass is 10.5. The van der Waals surface area contributed by atoms with Crippen molar-refractivity contribution in [3.8, 4) is 0 Å². The number of carbonyl (C=O) groups excluding carboxylic acids is 1. The molecular formula is C6H12ClNO. The fourth-order valence-corrected chi connectivity index (χ4v) is 0.935. The average Bonchev–Trinajstić information content (AvgIpc) is 1.90. The van der Waals surface area contributed by atoms with Crippen molar-refractivity contribution in [1.29, 1.82) is 0 Å². The summed E-state index contributed by atoms with van der Waals surface area (Å²) >= 11 is 5.59. The van der Waals surface area contributed by atoms with Crippen molar-refractivity contribution in [1.82, 2.24) is 4.90 Å². The zero-order valence-electron chi connectivity index (χ0n) is 5.80. The lowest BCUT2D eigenvalue weighted by Crippen LogP contribution is -2.31. The van der Waals surface area contributed by atoms with Crippen LogP contribution in [-0.4, -0.2) is 29.8 Å². The van der Waals surface area contributed by atoms with Gasteiger partial charge in [0.2, 0.25) is 0 Å². The van der Waals surface area contributed by atoms with Gasteiger partial charge in [-0.05, 0) is 13.1 Å². The number of alkyl halides is 1. The molecule has 0 aromatic heterocycles. The van der Waals surface area contributed by atoms with Gasteiger partial charge in [0.05, 0.1) is 0 Å². The standard InChI is InChI=1S/C6H12ClNO/c1-3-8(4-2)6(7)5-9/h5-6H,3-4H2,1-2H3. The van der Waals surface area contributed by atoms with Crippen LogP contribution in [0, 0.1) is 0 Å². The summed E-state index contributed by atoms with van der Waals surface area (Å²) in [7, 11) is 0. The minimum Gasteiger partial charge on any atom is -0.300 e. The molecule has 1 atom stereocenters. The first kappa shape index (κ1) is 8.92. The summed E-state index contributed by atoms with van der Waals surface area (Å²) in [6.07, 6.45) is 0.745. The van der Waals surface area contributed by atoms with Gasteiger partial charge in [-0.1, -0.05) is 25.4 Å². The molecule has 0 fully saturated rings. The van der Waals surface area contributed by atoms with E-state index in [1.165, 1.54) is 0 Å². The third-order valence-electron chi connectivity index (χ3n) is 1.27. The van der Waals surface area contributed by atoms with E-state index in [-0.39, 0.29) is 0 Å². The van der Waals surface area contributed by atoms with Crippen LogP contribution in [0.15, 0.2) is 0 Å². The Morgan fingerprint density at radius 3 is 2.11 bits per heavy atom. The summed E-state index contributed by atoms with van der Waals surface area (Å²) in [5.41, 5.74) is -0.444. The quantitative estimate of drug-likeness (QED) is 0.339. The van der Waals surface area contributed by atoms with Crippen LogP contribution in [0.5, 0.6) is 0 Å². The van der Waals surface area contributed by atoms with E-state index in [1.54, 1.807) is 0 Å². The van der Waals surface area contributed by atoms with Crippen LogP contribution in [0.3, 0.4) is 0 Å². The Morgan fingerprint density at radius 1 is 1.56 bits per heavy atom. The Morgan fingerprint density at radius 2 is 2.00 bits per heavy atom. The molecule has 9 heavy (non-hydrogen) atoms. The smallest absolute Gasteiger partial charge is 0.152 e. The van der Waals surface area contributed by atoms with Gasteiger partial charge >= 0.3 is 0 Å². The van der Waals surface area contributed by atoms with E-state index >= 15 is 0 Å². The van der Waals surface area contributed by atoms with Crippen LogP contribution < -0.4 is 0 Å². The minimum absolute atomic E-state index is 0.444. The van der Waals surface area contributed by atoms with E-state index < -0.39 is 5.50 Å². The number of hydrogen-bond acceptors (Lipinski definition) is 2. The SMILES string of the molecule is CCN(CC)C(Cl)C=O. The van der Waals surface area contributed by atoms with Gasteiger partial charge in [0, 0.05) is 0 Å². The van der Waals surface area contributed by atoms with Gasteiger partial charge in [-0.25, -0.2) is 0 Å². The zero-order chi connectivity index (χ0) is 7.28. The van der Waals surface area contributed by atoms with Gasteiger partial charge in [-0.2, -0.15) is 0 Å². The van der Waals surface area contributed by atoms with Crippen molar-refractivity contribution in [3.63, 3.8) is 0 Å². The van der Waals surface area contributed by atoms with E-state index in [0.29, 0.717) is 0 Å². The van der Waals surface area contributed by atoms with Crippen LogP contribution in [0.1, 0.15) is 13.8 Å². The second-order valence-corrected chi connectivity index (χ2v) is 2.18. The Labute approximate surface area is 60.8 Å². The molecule has 0 aliphatic heterocycles. The van der Waals surface area contributed by atoms with Gasteiger partial charge in [0.25, 0.3) is 0 Å². The molecule has 0 aromatic carbocycles. The van der Waals surface area contributed by atoms with Gasteiger partial charge in [-0.15, -0.1) is 0 Å². The number of halogens is 1. The van der Waals surface area contributed by atoms with Crippen molar-refractivity contribution in [2.45, 2.75) is 19.3 Å². The molecule has 0 heterocycles. The molecule has 0 spiro atoms. The largest absolute Gasteiger partial charge is 0.300 e. The Kier molecular flexibility index (Phi) is 4.72. The maximum Gasteiger partial charge on any atom is 0.152 e. The van der Waals surface area contributed by atoms with Gasteiger partial charge in [0.1, 0.15) is 5.50 Å². The first-order valence-electron chi connectivity index (χ1n) is 3.09. The summed E-state index contributed by atoms with van der Waals surface area (Å²) in [5.74, 6) is 0. The first-order chi connectivity index (χ1) is 4.26. The number of aldehydes is 1. The molecule has 0 aliphatic rings. The molecule has 0 saturated carbocycles. The molecule has 0 bridgehead atoms. The van der Waals surface area contributed by atoms with Crippen LogP contribution in [-0.2, 0) is 4.79 Å². The lowest BCUT2D eigenvalue weighted by molar-refractivity contribution is -0.110. The molecule has 1 unspecified atom stereocenters. The van der Waals surface area contributed by atoms with Crippen LogP contribution in [0.4, 0.5) is 0 Å². The minimum atomic E-state index is -0.444. The van der Waals surface area contributed by atoms with E-state index in [1.807, 2.05) is 18.7 Å². The molecule has 54 valence electrons. The van der Waals surface area contributed by atoms with E-state index in [0.717, 1.165) is 19.4 Å². The molecule has 0 N–H and O–H groups in total. The summed E-state index contributed by atoms with van der Waals surface area (Å²) < 4.78 is 0. The zero-order valence-corrected chi connectivity index (χ0v) is 6.56. The molecule has 0 saturated heterocycles. The van der Waals surface area contributed by atoms with Gasteiger partial charge in [0.15, 0.2) is 6.29 Å². The summed E-state index contributed by atoms with van der Waals surface area (Å²) in [6.45, 7) is 5.59. The molecule has 3 heteroatoms. The average molecular weight is 150 g/mol. The predicted molar refractivity (Wildman–Crippen MR) is 38.6 cm³/mol. The second kappa shape index (κ2) is 4.77. The molecule has 0 radical (unpaired) electrons. The second-order valence-electron chi connectivity index (χ2n) is 1.73. The highest BCUT2D eigenvalue weighted by Crippen LogP contribution is 1.99. The van der Waals surface area contributed by atoms with Crippen molar-refractivity contribution in [3.05, 3.63) is 0 Å². The van der Waals surface area contributed by atoms with E-state index in [4.69, 9.17) is 11.6 Å². The molecule has 2 nitrogen and oxygen atoms in total. The van der Waals surface area contributed by atoms with Crippen molar-refractivity contribution in [2.24, 2.45) is 0 Å². The van der Waals surface area contributed by atoms with E-state index in [2.05, 4.69) is 0 Å². The number of nitrogens with zero attached hydrogens (tertiary/aromatic N) is 1. The Hall–Kier alpha value is -0.0800. The molecule has 0 rings (SSSR count). The topological polar surface area (TPSA) is 20.3 Å². The van der Waals surface area contributed by atoms with Crippen LogP contribution in [0.25, 0.3) is 0 Å². The normalized spacial score (nSPS) is 13.8. The summed E-state index contributed by atoms with van der Waals surface area (Å²) in [6, 6.07) is 0. The van der Waals surface area contributed by atoms with Gasteiger partial charge in [-0.3, -0.25) is 4.90 Å². The highest BCUT2D eigenvalue weighted by atomic mass is 35.5. The van der Waals surface area contributed by atoms with Crippen LogP contribution in [0.2, 0.25) is 0 Å². The number of hydrogen-bond donors (Lipinski definition) is 0. The fraction of sp³-hybridized carbons (Fsp3) is 0.833. The fourth-order valence-electron chi connectivity index (χ4n) is 0.659. The Bertz CT molecular complexity index is 83.1. The highest BCUT2D eigenvalue weighted by molar-refractivity contribution is 6.27. The number of carbonyl (C=O) groups is 1. The van der Waals surface area contributed by atoms with Crippen molar-refractivity contribution in [2.75, 3.05) is 13.1 Å². The number of likely N-dealkylation sites (N-methyl/N-ethyl adjacent to an activating group) is 1. The first-order valence-corrected chi connectivity index (χ1v) is 3.53. The molecule has 0 aromatic rings. The predicted octanol–water partition coefficient (Wildman–Crippen LogP) is 1.09. The molecular weight excluding hydrogens is 138 g/mol. The van der Waals surface area contributed by atoms with Crippen molar-refractivity contribution >= 4 is 17.9 Å². The van der Waals surface area contributed by atoms with Crippen LogP contribution >= 0.6 is 11.6 Å². The molecule has 0 aliphatic carbocycles. The lowest BCUT2D eigenvalue weighted by Gasteiger charge is -2.18. The van der Waals surface area contributed by atoms with Crippen molar-refractivity contribution < 1.29 is 4.79 Å². The third kappa shape index (κ3) is 2.82. The monoisotopic (exact) mass is 149 g/mol. The highest BCUT2D eigenvalue weighted by Gasteiger charge is 2.08. The maximum atomic E-state index is 10.1. The van der Waals surface area contributed by atoms with E-state index in [9.17, 15) is 4.79 Å². The number of rotatable bonds is 4. The maximum absolute atomic E-state index is 10.1. The molecule has 0 amide bonds. The Balaban J connectivity index is 3.63.